The van der Waals surface area contributed by atoms with Gasteiger partial charge in [-0.1, -0.05) is 0 Å². The highest BCUT2D eigenvalue weighted by molar-refractivity contribution is 7.18. The highest BCUT2D eigenvalue weighted by atomic mass is 32.1. The summed E-state index contributed by atoms with van der Waals surface area (Å²) in [4.78, 5) is 37.5. The second kappa shape index (κ2) is 9.65. The molecule has 1 saturated heterocycles. The summed E-state index contributed by atoms with van der Waals surface area (Å²) >= 11 is 1.17. The molecule has 2 aromatic rings. The summed E-state index contributed by atoms with van der Waals surface area (Å²) in [5, 5.41) is 11.7. The van der Waals surface area contributed by atoms with Crippen molar-refractivity contribution in [3.05, 3.63) is 36.5 Å². The van der Waals surface area contributed by atoms with E-state index in [0.717, 1.165) is 6.42 Å². The number of nitrogens with zero attached hydrogens (tertiary/aromatic N) is 5. The molecule has 1 N–H and O–H groups in total. The van der Waals surface area contributed by atoms with E-state index in [-0.39, 0.29) is 40.4 Å². The Bertz CT molecular complexity index is 1200. The number of thiophene rings is 1. The quantitative estimate of drug-likeness (QED) is 0.560. The Labute approximate surface area is 195 Å². The van der Waals surface area contributed by atoms with Crippen LogP contribution in [0.5, 0.6) is 0 Å². The smallest absolute Gasteiger partial charge is 0.406 e. The first-order valence-corrected chi connectivity index (χ1v) is 11.4. The summed E-state index contributed by atoms with van der Waals surface area (Å²) in [6.45, 7) is 1.69. The predicted molar refractivity (Wildman–Crippen MR) is 118 cm³/mol. The maximum absolute atomic E-state index is 13.2. The lowest BCUT2D eigenvalue weighted by Gasteiger charge is -2.29. The van der Waals surface area contributed by atoms with Crippen LogP contribution >= 0.6 is 11.3 Å². The molecule has 0 radical (unpaired) electrons. The van der Waals surface area contributed by atoms with Crippen molar-refractivity contribution in [3.8, 4) is 0 Å². The Balaban J connectivity index is 1.77. The van der Waals surface area contributed by atoms with Crippen molar-refractivity contribution in [2.24, 2.45) is 4.99 Å². The third-order valence-corrected chi connectivity index (χ3v) is 7.06. The molecule has 4 rings (SSSR count). The van der Waals surface area contributed by atoms with Crippen molar-refractivity contribution < 1.29 is 22.7 Å². The van der Waals surface area contributed by atoms with Gasteiger partial charge in [-0.3, -0.25) is 29.2 Å². The van der Waals surface area contributed by atoms with Crippen molar-refractivity contribution >= 4 is 27.5 Å². The maximum atomic E-state index is 13.2. The lowest BCUT2D eigenvalue weighted by molar-refractivity contribution is -0.142. The molecule has 188 valence electrons. The van der Waals surface area contributed by atoms with Crippen LogP contribution in [0.4, 0.5) is 13.2 Å². The number of hydrazine groups is 1. The molecule has 2 aromatic heterocycles. The molecule has 1 unspecified atom stereocenters. The summed E-state index contributed by atoms with van der Waals surface area (Å²) in [5.41, 5.74) is 0.944. The van der Waals surface area contributed by atoms with Gasteiger partial charge in [0.25, 0.3) is 5.56 Å². The number of aryl methyl sites for hydroxylation is 1. The van der Waals surface area contributed by atoms with E-state index in [9.17, 15) is 28.0 Å². The van der Waals surface area contributed by atoms with E-state index >= 15 is 0 Å². The molecule has 34 heavy (non-hydrogen) atoms. The third kappa shape index (κ3) is 4.98. The van der Waals surface area contributed by atoms with Gasteiger partial charge in [0.2, 0.25) is 5.96 Å². The lowest BCUT2D eigenvalue weighted by Crippen LogP contribution is -2.45. The highest BCUT2D eigenvalue weighted by Crippen LogP contribution is 2.30. The zero-order valence-corrected chi connectivity index (χ0v) is 19.4. The number of aliphatic imine (C=N–C) groups is 1. The Hall–Kier alpha value is -2.46. The molecule has 1 fully saturated rings. The second-order valence-electron chi connectivity index (χ2n) is 8.04. The minimum Gasteiger partial charge on any atom is -0.743 e. The molecule has 0 spiro atoms. The summed E-state index contributed by atoms with van der Waals surface area (Å²) in [5.74, 6) is 0.264. The van der Waals surface area contributed by atoms with E-state index in [0.29, 0.717) is 41.4 Å². The average molecular weight is 505 g/mol. The minimum absolute atomic E-state index is 0.0593. The van der Waals surface area contributed by atoms with Gasteiger partial charge in [0.15, 0.2) is 0 Å². The van der Waals surface area contributed by atoms with Gasteiger partial charge >= 0.3 is 11.9 Å². The molecule has 2 aliphatic rings. The van der Waals surface area contributed by atoms with E-state index in [2.05, 4.69) is 15.3 Å². The standard InChI is InChI=1S/C19H24F3N6O5S/c1-11-13(9-25-6-5-23-17(25)24-28(31)32-2)34-16-14(11)15(29)27(10-19(20,21)22)18(30)26(16)8-12-4-3-7-33-12/h12H,3-10H2,1-2H3,(H,23,24)/q-1. The second-order valence-corrected chi connectivity index (χ2v) is 9.13. The molecule has 0 aliphatic carbocycles. The number of guanidine groups is 1. The monoisotopic (exact) mass is 505 g/mol. The van der Waals surface area contributed by atoms with Crippen LogP contribution < -0.4 is 16.7 Å². The van der Waals surface area contributed by atoms with Gasteiger partial charge in [-0.05, 0) is 25.3 Å². The lowest BCUT2D eigenvalue weighted by atomic mass is 10.2. The van der Waals surface area contributed by atoms with Crippen LogP contribution in [-0.4, -0.2) is 64.4 Å². The van der Waals surface area contributed by atoms with Gasteiger partial charge in [0.1, 0.15) is 11.4 Å². The van der Waals surface area contributed by atoms with Gasteiger partial charge in [-0.25, -0.2) is 4.79 Å². The fraction of sp³-hybridized carbons (Fsp3) is 0.632. The van der Waals surface area contributed by atoms with Crippen molar-refractivity contribution in [2.75, 3.05) is 26.8 Å². The van der Waals surface area contributed by atoms with Crippen molar-refractivity contribution in [3.63, 3.8) is 0 Å². The molecule has 11 nitrogen and oxygen atoms in total. The number of nitrogens with one attached hydrogen (secondary N) is 1. The van der Waals surface area contributed by atoms with Crippen LogP contribution in [0, 0.1) is 12.1 Å². The van der Waals surface area contributed by atoms with Gasteiger partial charge in [-0.2, -0.15) is 18.5 Å². The van der Waals surface area contributed by atoms with Crippen LogP contribution in [-0.2, 0) is 29.2 Å². The number of rotatable bonds is 7. The van der Waals surface area contributed by atoms with Crippen molar-refractivity contribution in [2.45, 2.75) is 51.7 Å². The van der Waals surface area contributed by atoms with E-state index < -0.39 is 24.0 Å². The molecule has 0 aromatic carbocycles. The van der Waals surface area contributed by atoms with E-state index in [1.807, 2.05) is 0 Å². The minimum atomic E-state index is -4.73. The Morgan fingerprint density at radius 3 is 2.76 bits per heavy atom. The normalized spacial score (nSPS) is 19.0. The van der Waals surface area contributed by atoms with Crippen LogP contribution in [0.3, 0.4) is 0 Å². The average Bonchev–Trinajstić information content (AvgIpc) is 3.50. The number of alkyl halides is 3. The molecular formula is C19H24F3N6O5S-. The van der Waals surface area contributed by atoms with Crippen molar-refractivity contribution in [1.29, 1.82) is 0 Å². The molecule has 0 saturated carbocycles. The van der Waals surface area contributed by atoms with Gasteiger partial charge in [0.05, 0.1) is 38.2 Å². The predicted octanol–water partition coefficient (Wildman–Crippen LogP) is 1.31. The van der Waals surface area contributed by atoms with Gasteiger partial charge < -0.3 is 14.8 Å². The Morgan fingerprint density at radius 2 is 2.12 bits per heavy atom. The van der Waals surface area contributed by atoms with Crippen molar-refractivity contribution in [1.82, 2.24) is 24.8 Å². The number of hydrogen-bond acceptors (Lipinski definition) is 10. The summed E-state index contributed by atoms with van der Waals surface area (Å²) < 4.78 is 46.7. The molecule has 0 bridgehead atoms. The summed E-state index contributed by atoms with van der Waals surface area (Å²) in [6.07, 6.45) is -3.58. The van der Waals surface area contributed by atoms with Crippen LogP contribution in [0.15, 0.2) is 14.6 Å². The topological polar surface area (TPSA) is 116 Å². The molecule has 1 atom stereocenters. The number of aromatic nitrogens is 2. The Morgan fingerprint density at radius 1 is 1.35 bits per heavy atom. The first kappa shape index (κ1) is 24.7. The van der Waals surface area contributed by atoms with Gasteiger partial charge in [0, 0.05) is 18.0 Å². The number of fused-ring (bicyclic) bond motifs is 1. The fourth-order valence-corrected chi connectivity index (χ4v) is 5.42. The van der Waals surface area contributed by atoms with E-state index in [1.54, 1.807) is 11.8 Å². The molecule has 0 amide bonds. The SMILES string of the molecule is CON([O-])NC1=NCCN1Cc1sc2c(c1C)c(=O)n(CC(F)(F)F)c(=O)n2CC1CCCO1. The first-order valence-electron chi connectivity index (χ1n) is 10.6. The van der Waals surface area contributed by atoms with Crippen LogP contribution in [0.2, 0.25) is 0 Å². The number of hydrogen-bond donors (Lipinski definition) is 1. The molecule has 2 aliphatic heterocycles. The fourth-order valence-electron chi connectivity index (χ4n) is 4.11. The van der Waals surface area contributed by atoms with Crippen LogP contribution in [0.25, 0.3) is 10.2 Å². The molecule has 15 heteroatoms. The maximum Gasteiger partial charge on any atom is 0.406 e. The molecule has 4 heterocycles. The summed E-state index contributed by atoms with van der Waals surface area (Å²) in [6, 6.07) is 0. The van der Waals surface area contributed by atoms with E-state index in [4.69, 9.17) is 4.74 Å². The van der Waals surface area contributed by atoms with Gasteiger partial charge in [-0.15, -0.1) is 11.3 Å². The highest BCUT2D eigenvalue weighted by Gasteiger charge is 2.32. The summed E-state index contributed by atoms with van der Waals surface area (Å²) in [7, 11) is 1.19. The molecular weight excluding hydrogens is 481 g/mol. The van der Waals surface area contributed by atoms with Crippen LogP contribution in [0.1, 0.15) is 23.3 Å². The first-order chi connectivity index (χ1) is 16.1. The largest absolute Gasteiger partial charge is 0.743 e. The van der Waals surface area contributed by atoms with E-state index in [1.165, 1.54) is 23.0 Å². The Kier molecular flexibility index (Phi) is 7.00. The zero-order chi connectivity index (χ0) is 24.6. The number of halogens is 3. The third-order valence-electron chi connectivity index (χ3n) is 5.76. The zero-order valence-electron chi connectivity index (χ0n) is 18.6. The number of ether oxygens (including phenoxy) is 1.